The average Bonchev–Trinajstić information content (AvgIpc) is 2.63. The van der Waals surface area contributed by atoms with Gasteiger partial charge in [0.15, 0.2) is 6.61 Å². The van der Waals surface area contributed by atoms with Gasteiger partial charge in [-0.05, 0) is 48.9 Å². The van der Waals surface area contributed by atoms with Crippen molar-refractivity contribution in [2.45, 2.75) is 19.5 Å². The standard InChI is InChI=1S/C20H22ClFN2O2/c1-15-12-23(13-16-2-6-18(22)7-3-16)10-11-24(15)20(25)14-26-19-8-4-17(21)5-9-19/h2-9,15H,10-14H2,1H3/t15-/m0/s1. The number of rotatable bonds is 5. The Morgan fingerprint density at radius 1 is 1.15 bits per heavy atom. The van der Waals surface area contributed by atoms with Crippen LogP contribution in [-0.2, 0) is 11.3 Å². The fraction of sp³-hybridized carbons (Fsp3) is 0.350. The van der Waals surface area contributed by atoms with Gasteiger partial charge >= 0.3 is 0 Å². The summed E-state index contributed by atoms with van der Waals surface area (Å²) in [6.45, 7) is 5.04. The molecule has 0 saturated carbocycles. The molecule has 0 aliphatic carbocycles. The molecule has 1 atom stereocenters. The van der Waals surface area contributed by atoms with E-state index in [9.17, 15) is 9.18 Å². The van der Waals surface area contributed by atoms with E-state index in [4.69, 9.17) is 16.3 Å². The molecule has 1 saturated heterocycles. The van der Waals surface area contributed by atoms with Gasteiger partial charge in [-0.15, -0.1) is 0 Å². The van der Waals surface area contributed by atoms with Crippen molar-refractivity contribution in [3.05, 3.63) is 64.9 Å². The first-order chi connectivity index (χ1) is 12.5. The summed E-state index contributed by atoms with van der Waals surface area (Å²) in [4.78, 5) is 16.6. The predicted molar refractivity (Wildman–Crippen MR) is 99.8 cm³/mol. The largest absolute Gasteiger partial charge is 0.484 e. The molecule has 1 fully saturated rings. The number of benzene rings is 2. The molecular weight excluding hydrogens is 355 g/mol. The highest BCUT2D eigenvalue weighted by atomic mass is 35.5. The van der Waals surface area contributed by atoms with Crippen molar-refractivity contribution in [3.8, 4) is 5.75 Å². The number of halogens is 2. The quantitative estimate of drug-likeness (QED) is 0.799. The summed E-state index contributed by atoms with van der Waals surface area (Å²) in [6, 6.07) is 13.6. The highest BCUT2D eigenvalue weighted by Gasteiger charge is 2.27. The number of nitrogens with zero attached hydrogens (tertiary/aromatic N) is 2. The van der Waals surface area contributed by atoms with Crippen LogP contribution in [0, 0.1) is 5.82 Å². The van der Waals surface area contributed by atoms with Crippen molar-refractivity contribution < 1.29 is 13.9 Å². The van der Waals surface area contributed by atoms with Crippen LogP contribution >= 0.6 is 11.6 Å². The molecule has 2 aromatic rings. The van der Waals surface area contributed by atoms with E-state index in [1.165, 1.54) is 12.1 Å². The molecule has 1 amide bonds. The van der Waals surface area contributed by atoms with Crippen LogP contribution in [0.25, 0.3) is 0 Å². The second kappa shape index (κ2) is 8.52. The minimum Gasteiger partial charge on any atom is -0.484 e. The van der Waals surface area contributed by atoms with Gasteiger partial charge in [0, 0.05) is 37.2 Å². The Morgan fingerprint density at radius 2 is 1.85 bits per heavy atom. The normalized spacial score (nSPS) is 18.0. The van der Waals surface area contributed by atoms with Crippen LogP contribution < -0.4 is 4.74 Å². The van der Waals surface area contributed by atoms with E-state index < -0.39 is 0 Å². The topological polar surface area (TPSA) is 32.8 Å². The van der Waals surface area contributed by atoms with Gasteiger partial charge in [-0.25, -0.2) is 4.39 Å². The molecule has 0 aromatic heterocycles. The summed E-state index contributed by atoms with van der Waals surface area (Å²) in [5.41, 5.74) is 1.07. The minimum atomic E-state index is -0.224. The monoisotopic (exact) mass is 376 g/mol. The number of hydrogen-bond donors (Lipinski definition) is 0. The van der Waals surface area contributed by atoms with E-state index in [-0.39, 0.29) is 24.4 Å². The lowest BCUT2D eigenvalue weighted by Gasteiger charge is -2.39. The molecule has 138 valence electrons. The first kappa shape index (κ1) is 18.7. The van der Waals surface area contributed by atoms with Gasteiger partial charge in [0.2, 0.25) is 0 Å². The Morgan fingerprint density at radius 3 is 2.50 bits per heavy atom. The van der Waals surface area contributed by atoms with Crippen LogP contribution in [0.4, 0.5) is 4.39 Å². The van der Waals surface area contributed by atoms with Crippen LogP contribution in [0.1, 0.15) is 12.5 Å². The third-order valence-corrected chi connectivity index (χ3v) is 4.78. The summed E-state index contributed by atoms with van der Waals surface area (Å²) >= 11 is 5.84. The summed E-state index contributed by atoms with van der Waals surface area (Å²) in [5.74, 6) is 0.387. The number of amides is 1. The van der Waals surface area contributed by atoms with Crippen molar-refractivity contribution >= 4 is 17.5 Å². The summed E-state index contributed by atoms with van der Waals surface area (Å²) in [5, 5.41) is 0.634. The third kappa shape index (κ3) is 4.96. The Balaban J connectivity index is 1.49. The number of hydrogen-bond acceptors (Lipinski definition) is 3. The molecular formula is C20H22ClFN2O2. The minimum absolute atomic E-state index is 0.0178. The zero-order valence-corrected chi connectivity index (χ0v) is 15.5. The first-order valence-electron chi connectivity index (χ1n) is 8.66. The van der Waals surface area contributed by atoms with Crippen molar-refractivity contribution in [3.63, 3.8) is 0 Å². The Hall–Kier alpha value is -2.11. The molecule has 0 unspecified atom stereocenters. The molecule has 26 heavy (non-hydrogen) atoms. The van der Waals surface area contributed by atoms with Gasteiger partial charge in [-0.3, -0.25) is 9.69 Å². The second-order valence-corrected chi connectivity index (χ2v) is 6.98. The van der Waals surface area contributed by atoms with Crippen LogP contribution in [0.15, 0.2) is 48.5 Å². The van der Waals surface area contributed by atoms with Crippen molar-refractivity contribution in [1.29, 1.82) is 0 Å². The highest BCUT2D eigenvalue weighted by molar-refractivity contribution is 6.30. The molecule has 2 aromatic carbocycles. The summed E-state index contributed by atoms with van der Waals surface area (Å²) in [7, 11) is 0. The van der Waals surface area contributed by atoms with E-state index in [2.05, 4.69) is 4.90 Å². The number of ether oxygens (including phenoxy) is 1. The second-order valence-electron chi connectivity index (χ2n) is 6.54. The van der Waals surface area contributed by atoms with Crippen LogP contribution in [0.3, 0.4) is 0 Å². The first-order valence-corrected chi connectivity index (χ1v) is 9.04. The lowest BCUT2D eigenvalue weighted by Crippen LogP contribution is -2.54. The number of piperazine rings is 1. The fourth-order valence-corrected chi connectivity index (χ4v) is 3.28. The van der Waals surface area contributed by atoms with Gasteiger partial charge in [-0.1, -0.05) is 23.7 Å². The molecule has 6 heteroatoms. The lowest BCUT2D eigenvalue weighted by molar-refractivity contribution is -0.138. The maximum absolute atomic E-state index is 13.0. The van der Waals surface area contributed by atoms with Crippen molar-refractivity contribution in [2.75, 3.05) is 26.2 Å². The maximum Gasteiger partial charge on any atom is 0.260 e. The zero-order chi connectivity index (χ0) is 18.5. The number of carbonyl (C=O) groups excluding carboxylic acids is 1. The smallest absolute Gasteiger partial charge is 0.260 e. The van der Waals surface area contributed by atoms with E-state index >= 15 is 0 Å². The molecule has 0 N–H and O–H groups in total. The van der Waals surface area contributed by atoms with Crippen molar-refractivity contribution in [2.24, 2.45) is 0 Å². The number of carbonyl (C=O) groups is 1. The van der Waals surface area contributed by atoms with Crippen LogP contribution in [-0.4, -0.2) is 48.0 Å². The van der Waals surface area contributed by atoms with E-state index in [0.29, 0.717) is 17.3 Å². The van der Waals surface area contributed by atoms with Gasteiger partial charge in [0.1, 0.15) is 11.6 Å². The molecule has 4 nitrogen and oxygen atoms in total. The molecule has 1 heterocycles. The van der Waals surface area contributed by atoms with Gasteiger partial charge in [-0.2, -0.15) is 0 Å². The SMILES string of the molecule is C[C@H]1CN(Cc2ccc(F)cc2)CCN1C(=O)COc1ccc(Cl)cc1. The summed E-state index contributed by atoms with van der Waals surface area (Å²) < 4.78 is 18.6. The van der Waals surface area contributed by atoms with Gasteiger partial charge in [0.05, 0.1) is 0 Å². The zero-order valence-electron chi connectivity index (χ0n) is 14.7. The van der Waals surface area contributed by atoms with Crippen LogP contribution in [0.5, 0.6) is 5.75 Å². The molecule has 1 aliphatic heterocycles. The molecule has 0 bridgehead atoms. The van der Waals surface area contributed by atoms with Gasteiger partial charge < -0.3 is 9.64 Å². The summed E-state index contributed by atoms with van der Waals surface area (Å²) in [6.07, 6.45) is 0. The molecule has 1 aliphatic rings. The van der Waals surface area contributed by atoms with Crippen LogP contribution in [0.2, 0.25) is 5.02 Å². The van der Waals surface area contributed by atoms with E-state index in [1.54, 1.807) is 36.4 Å². The maximum atomic E-state index is 13.0. The van der Waals surface area contributed by atoms with E-state index in [1.807, 2.05) is 11.8 Å². The highest BCUT2D eigenvalue weighted by Crippen LogP contribution is 2.17. The van der Waals surface area contributed by atoms with E-state index in [0.717, 1.165) is 25.2 Å². The molecule has 0 spiro atoms. The third-order valence-electron chi connectivity index (χ3n) is 4.53. The lowest BCUT2D eigenvalue weighted by atomic mass is 10.1. The Bertz CT molecular complexity index is 736. The van der Waals surface area contributed by atoms with Gasteiger partial charge in [0.25, 0.3) is 5.91 Å². The Kier molecular flexibility index (Phi) is 6.12. The van der Waals surface area contributed by atoms with Crippen molar-refractivity contribution in [1.82, 2.24) is 9.80 Å². The fourth-order valence-electron chi connectivity index (χ4n) is 3.15. The molecule has 3 rings (SSSR count). The predicted octanol–water partition coefficient (Wildman–Crippen LogP) is 3.59. The average molecular weight is 377 g/mol. The Labute approximate surface area is 158 Å². The molecule has 0 radical (unpaired) electrons.